The van der Waals surface area contributed by atoms with Crippen LogP contribution in [0, 0.1) is 0 Å². The van der Waals surface area contributed by atoms with Crippen LogP contribution < -0.4 is 15.0 Å². The summed E-state index contributed by atoms with van der Waals surface area (Å²) in [5.74, 6) is -0.586. The highest BCUT2D eigenvalue weighted by Crippen LogP contribution is 2.21. The molecule has 3 rings (SSSR count). The first kappa shape index (κ1) is 22.2. The van der Waals surface area contributed by atoms with Crippen LogP contribution in [0.2, 0.25) is 0 Å². The third-order valence-corrected chi connectivity index (χ3v) is 4.91. The van der Waals surface area contributed by atoms with Gasteiger partial charge in [0.2, 0.25) is 11.8 Å². The minimum atomic E-state index is -2.89. The van der Waals surface area contributed by atoms with E-state index in [0.29, 0.717) is 18.5 Å². The third kappa shape index (κ3) is 6.00. The van der Waals surface area contributed by atoms with Crippen LogP contribution in [0.5, 0.6) is 5.75 Å². The average molecular weight is 431 g/mol. The SMILES string of the molecule is CN(Cc1ccc(OC(F)F)cc1)C(=O)CNC(=O)c1ccc(N2CCCC2=O)cc1. The quantitative estimate of drug-likeness (QED) is 0.697. The van der Waals surface area contributed by atoms with Crippen molar-refractivity contribution in [1.82, 2.24) is 10.2 Å². The predicted octanol–water partition coefficient (Wildman–Crippen LogP) is 2.80. The van der Waals surface area contributed by atoms with Crippen molar-refractivity contribution in [2.45, 2.75) is 26.0 Å². The summed E-state index contributed by atoms with van der Waals surface area (Å²) in [6.07, 6.45) is 1.36. The van der Waals surface area contributed by atoms with Gasteiger partial charge in [0, 0.05) is 37.8 Å². The van der Waals surface area contributed by atoms with Gasteiger partial charge in [-0.05, 0) is 48.4 Å². The Hall–Kier alpha value is -3.49. The van der Waals surface area contributed by atoms with Gasteiger partial charge in [0.25, 0.3) is 5.91 Å². The molecule has 1 aliphatic rings. The smallest absolute Gasteiger partial charge is 0.387 e. The summed E-state index contributed by atoms with van der Waals surface area (Å²) in [7, 11) is 1.58. The van der Waals surface area contributed by atoms with Gasteiger partial charge in [-0.3, -0.25) is 14.4 Å². The minimum absolute atomic E-state index is 0.0418. The van der Waals surface area contributed by atoms with E-state index in [1.807, 2.05) is 0 Å². The number of likely N-dealkylation sites (N-methyl/N-ethyl adjacent to an activating group) is 1. The van der Waals surface area contributed by atoms with E-state index in [2.05, 4.69) is 10.1 Å². The van der Waals surface area contributed by atoms with Gasteiger partial charge in [-0.15, -0.1) is 0 Å². The van der Waals surface area contributed by atoms with Crippen molar-refractivity contribution in [2.75, 3.05) is 25.0 Å². The van der Waals surface area contributed by atoms with Crippen LogP contribution in [-0.4, -0.2) is 49.4 Å². The Morgan fingerprint density at radius 1 is 1.13 bits per heavy atom. The van der Waals surface area contributed by atoms with Crippen LogP contribution in [0.25, 0.3) is 0 Å². The zero-order chi connectivity index (χ0) is 22.4. The maximum atomic E-state index is 12.3. The van der Waals surface area contributed by atoms with E-state index >= 15 is 0 Å². The molecular weight excluding hydrogens is 408 g/mol. The van der Waals surface area contributed by atoms with Gasteiger partial charge in [-0.2, -0.15) is 8.78 Å². The molecule has 0 atom stereocenters. The number of alkyl halides is 2. The Balaban J connectivity index is 1.48. The first-order chi connectivity index (χ1) is 14.8. The lowest BCUT2D eigenvalue weighted by atomic mass is 10.2. The first-order valence-electron chi connectivity index (χ1n) is 9.80. The summed E-state index contributed by atoms with van der Waals surface area (Å²) < 4.78 is 28.7. The highest BCUT2D eigenvalue weighted by atomic mass is 19.3. The molecule has 0 spiro atoms. The van der Waals surface area contributed by atoms with Gasteiger partial charge in [0.1, 0.15) is 5.75 Å². The zero-order valence-electron chi connectivity index (χ0n) is 17.0. The van der Waals surface area contributed by atoms with Crippen LogP contribution in [-0.2, 0) is 16.1 Å². The Morgan fingerprint density at radius 3 is 2.39 bits per heavy atom. The Morgan fingerprint density at radius 2 is 1.81 bits per heavy atom. The molecule has 0 bridgehead atoms. The number of halogens is 2. The molecule has 7 nitrogen and oxygen atoms in total. The fourth-order valence-corrected chi connectivity index (χ4v) is 3.25. The van der Waals surface area contributed by atoms with Crippen molar-refractivity contribution < 1.29 is 27.9 Å². The second-order valence-electron chi connectivity index (χ2n) is 7.15. The largest absolute Gasteiger partial charge is 0.435 e. The molecule has 0 unspecified atom stereocenters. The van der Waals surface area contributed by atoms with Gasteiger partial charge in [0.05, 0.1) is 6.54 Å². The topological polar surface area (TPSA) is 79.0 Å². The molecule has 2 aromatic carbocycles. The molecule has 1 saturated heterocycles. The predicted molar refractivity (Wildman–Crippen MR) is 110 cm³/mol. The monoisotopic (exact) mass is 431 g/mol. The molecule has 0 radical (unpaired) electrons. The second-order valence-corrected chi connectivity index (χ2v) is 7.15. The number of carbonyl (C=O) groups is 3. The molecule has 31 heavy (non-hydrogen) atoms. The summed E-state index contributed by atoms with van der Waals surface area (Å²) in [4.78, 5) is 39.5. The lowest BCUT2D eigenvalue weighted by molar-refractivity contribution is -0.129. The van der Waals surface area contributed by atoms with E-state index in [4.69, 9.17) is 0 Å². The molecule has 2 aromatic rings. The van der Waals surface area contributed by atoms with Crippen LogP contribution in [0.3, 0.4) is 0 Å². The molecule has 1 N–H and O–H groups in total. The first-order valence-corrected chi connectivity index (χ1v) is 9.80. The molecule has 1 heterocycles. The molecule has 164 valence electrons. The highest BCUT2D eigenvalue weighted by Gasteiger charge is 2.21. The second kappa shape index (κ2) is 10.0. The number of anilines is 1. The number of nitrogens with zero attached hydrogens (tertiary/aromatic N) is 2. The van der Waals surface area contributed by atoms with Gasteiger partial charge in [-0.25, -0.2) is 0 Å². The fraction of sp³-hybridized carbons (Fsp3) is 0.318. The normalized spacial score (nSPS) is 13.4. The highest BCUT2D eigenvalue weighted by molar-refractivity contribution is 5.98. The zero-order valence-corrected chi connectivity index (χ0v) is 17.0. The molecule has 3 amide bonds. The number of carbonyl (C=O) groups excluding carboxylic acids is 3. The van der Waals surface area contributed by atoms with Crippen molar-refractivity contribution in [3.63, 3.8) is 0 Å². The van der Waals surface area contributed by atoms with E-state index in [1.165, 1.54) is 17.0 Å². The fourth-order valence-electron chi connectivity index (χ4n) is 3.25. The molecule has 0 aromatic heterocycles. The van der Waals surface area contributed by atoms with E-state index in [0.717, 1.165) is 17.7 Å². The Kier molecular flexibility index (Phi) is 7.17. The molecule has 1 fully saturated rings. The Bertz CT molecular complexity index is 933. The Labute approximate surface area is 178 Å². The third-order valence-electron chi connectivity index (χ3n) is 4.91. The number of hydrogen-bond donors (Lipinski definition) is 1. The van der Waals surface area contributed by atoms with Crippen LogP contribution >= 0.6 is 0 Å². The van der Waals surface area contributed by atoms with Crippen LogP contribution in [0.15, 0.2) is 48.5 Å². The van der Waals surface area contributed by atoms with E-state index in [1.54, 1.807) is 48.3 Å². The van der Waals surface area contributed by atoms with Crippen molar-refractivity contribution >= 4 is 23.4 Å². The number of nitrogens with one attached hydrogen (secondary N) is 1. The van der Waals surface area contributed by atoms with Crippen molar-refractivity contribution in [1.29, 1.82) is 0 Å². The van der Waals surface area contributed by atoms with Crippen molar-refractivity contribution in [3.8, 4) is 5.75 Å². The van der Waals surface area contributed by atoms with Gasteiger partial charge in [0.15, 0.2) is 0 Å². The maximum Gasteiger partial charge on any atom is 0.387 e. The molecule has 0 saturated carbocycles. The maximum absolute atomic E-state index is 12.3. The van der Waals surface area contributed by atoms with Gasteiger partial charge >= 0.3 is 6.61 Å². The van der Waals surface area contributed by atoms with Crippen molar-refractivity contribution in [3.05, 3.63) is 59.7 Å². The van der Waals surface area contributed by atoms with Gasteiger partial charge in [-0.1, -0.05) is 12.1 Å². The van der Waals surface area contributed by atoms with E-state index in [9.17, 15) is 23.2 Å². The number of hydrogen-bond acceptors (Lipinski definition) is 4. The average Bonchev–Trinajstić information content (AvgIpc) is 3.18. The van der Waals surface area contributed by atoms with Gasteiger partial charge < -0.3 is 19.9 Å². The molecule has 9 heteroatoms. The molecule has 0 aliphatic carbocycles. The number of amides is 3. The molecular formula is C22H23F2N3O4. The summed E-state index contributed by atoms with van der Waals surface area (Å²) in [6, 6.07) is 12.7. The van der Waals surface area contributed by atoms with Crippen molar-refractivity contribution in [2.24, 2.45) is 0 Å². The summed E-state index contributed by atoms with van der Waals surface area (Å²) in [5.41, 5.74) is 1.87. The van der Waals surface area contributed by atoms with Crippen LogP contribution in [0.1, 0.15) is 28.8 Å². The summed E-state index contributed by atoms with van der Waals surface area (Å²) in [5, 5.41) is 2.58. The minimum Gasteiger partial charge on any atom is -0.435 e. The number of rotatable bonds is 8. The van der Waals surface area contributed by atoms with E-state index in [-0.39, 0.29) is 30.7 Å². The van der Waals surface area contributed by atoms with E-state index < -0.39 is 12.5 Å². The standard InChI is InChI=1S/C22H23F2N3O4/c1-26(14-15-4-10-18(11-5-15)31-22(23)24)20(29)13-25-21(30)16-6-8-17(9-7-16)27-12-2-3-19(27)28/h4-11,22H,2-3,12-14H2,1H3,(H,25,30). The lowest BCUT2D eigenvalue weighted by Gasteiger charge is -2.18. The number of ether oxygens (including phenoxy) is 1. The number of benzene rings is 2. The summed E-state index contributed by atoms with van der Waals surface area (Å²) in [6.45, 7) is -2.15. The molecule has 1 aliphatic heterocycles. The van der Waals surface area contributed by atoms with Crippen LogP contribution in [0.4, 0.5) is 14.5 Å². The summed E-state index contributed by atoms with van der Waals surface area (Å²) >= 11 is 0. The lowest BCUT2D eigenvalue weighted by Crippen LogP contribution is -2.37.